The van der Waals surface area contributed by atoms with Crippen molar-refractivity contribution < 1.29 is 35.9 Å². The number of hydrogen-bond acceptors (Lipinski definition) is 6. The Kier molecular flexibility index (Phi) is 9.10. The van der Waals surface area contributed by atoms with Gasteiger partial charge >= 0.3 is 6.18 Å². The van der Waals surface area contributed by atoms with Gasteiger partial charge in [0.2, 0.25) is 10.0 Å². The smallest absolute Gasteiger partial charge is 0.416 e. The number of halogens is 4. The number of hydrogen-bond donors (Lipinski definition) is 1. The van der Waals surface area contributed by atoms with Gasteiger partial charge < -0.3 is 9.47 Å². The number of carbonyl (C=O) groups excluding carboxylic acids is 1. The van der Waals surface area contributed by atoms with E-state index < -0.39 is 34.2 Å². The van der Waals surface area contributed by atoms with Gasteiger partial charge in [0.1, 0.15) is 13.2 Å². The second kappa shape index (κ2) is 11.4. The molecule has 0 fully saturated rings. The average molecular weight is 564 g/mol. The first-order valence-electron chi connectivity index (χ1n) is 9.45. The van der Waals surface area contributed by atoms with E-state index in [0.717, 1.165) is 24.5 Å². The predicted molar refractivity (Wildman–Crippen MR) is 126 cm³/mol. The standard InChI is InChI=1S/C21H21BrF3N3O5S/c1-4-8-33-20-17(22)9-14(10-18(20)32-2)12-26-27-19(29)13-28(34(3,30)31)16-7-5-6-15(11-16)21(23,24)25/h4-7,9-12H,1,8,13H2,2-3H3,(H,27,29)/b26-12-. The highest BCUT2D eigenvalue weighted by molar-refractivity contribution is 9.10. The fourth-order valence-electron chi connectivity index (χ4n) is 2.68. The zero-order valence-electron chi connectivity index (χ0n) is 18.1. The van der Waals surface area contributed by atoms with Crippen LogP contribution in [0.25, 0.3) is 0 Å². The van der Waals surface area contributed by atoms with Gasteiger partial charge in [0.05, 0.1) is 35.3 Å². The van der Waals surface area contributed by atoms with Crippen molar-refractivity contribution >= 4 is 43.8 Å². The maximum atomic E-state index is 13.0. The van der Waals surface area contributed by atoms with E-state index in [1.54, 1.807) is 18.2 Å². The van der Waals surface area contributed by atoms with Gasteiger partial charge in [-0.15, -0.1) is 0 Å². The Bertz CT molecular complexity index is 1190. The molecule has 0 unspecified atom stereocenters. The third kappa shape index (κ3) is 7.48. The predicted octanol–water partition coefficient (Wildman–Crippen LogP) is 3.96. The Morgan fingerprint density at radius 1 is 1.29 bits per heavy atom. The van der Waals surface area contributed by atoms with E-state index >= 15 is 0 Å². The topological polar surface area (TPSA) is 97.3 Å². The number of rotatable bonds is 10. The molecule has 0 aromatic heterocycles. The molecule has 2 aromatic carbocycles. The first kappa shape index (κ1) is 27.2. The van der Waals surface area contributed by atoms with Crippen LogP contribution in [0.5, 0.6) is 11.5 Å². The van der Waals surface area contributed by atoms with Gasteiger partial charge in [-0.2, -0.15) is 18.3 Å². The van der Waals surface area contributed by atoms with Crippen LogP contribution < -0.4 is 19.2 Å². The Labute approximate surface area is 203 Å². The van der Waals surface area contributed by atoms with Gasteiger partial charge in [-0.25, -0.2) is 13.8 Å². The number of nitrogens with one attached hydrogen (secondary N) is 1. The van der Waals surface area contributed by atoms with Crippen LogP contribution in [0.1, 0.15) is 11.1 Å². The first-order chi connectivity index (χ1) is 15.9. The number of alkyl halides is 3. The van der Waals surface area contributed by atoms with E-state index in [4.69, 9.17) is 9.47 Å². The van der Waals surface area contributed by atoms with Crippen molar-refractivity contribution in [3.05, 3.63) is 64.7 Å². The molecule has 0 saturated heterocycles. The van der Waals surface area contributed by atoms with E-state index in [1.165, 1.54) is 13.3 Å². The molecule has 34 heavy (non-hydrogen) atoms. The maximum absolute atomic E-state index is 13.0. The lowest BCUT2D eigenvalue weighted by Gasteiger charge is -2.22. The van der Waals surface area contributed by atoms with Crippen LogP contribution >= 0.6 is 15.9 Å². The van der Waals surface area contributed by atoms with Crippen molar-refractivity contribution in [2.45, 2.75) is 6.18 Å². The van der Waals surface area contributed by atoms with Gasteiger partial charge in [0, 0.05) is 0 Å². The quantitative estimate of drug-likeness (QED) is 0.268. The molecule has 0 spiro atoms. The number of anilines is 1. The third-order valence-corrected chi connectivity index (χ3v) is 5.88. The molecular weight excluding hydrogens is 543 g/mol. The van der Waals surface area contributed by atoms with E-state index in [-0.39, 0.29) is 12.3 Å². The Hall–Kier alpha value is -3.06. The van der Waals surface area contributed by atoms with Crippen molar-refractivity contribution in [3.63, 3.8) is 0 Å². The highest BCUT2D eigenvalue weighted by Crippen LogP contribution is 2.36. The summed E-state index contributed by atoms with van der Waals surface area (Å²) in [6, 6.07) is 6.89. The van der Waals surface area contributed by atoms with Crippen LogP contribution in [-0.2, 0) is 21.0 Å². The number of amides is 1. The molecule has 8 nitrogen and oxygen atoms in total. The number of sulfonamides is 1. The van der Waals surface area contributed by atoms with Crippen molar-refractivity contribution in [2.75, 3.05) is 30.8 Å². The zero-order valence-corrected chi connectivity index (χ0v) is 20.5. The second-order valence-corrected chi connectivity index (χ2v) is 9.51. The van der Waals surface area contributed by atoms with Gasteiger partial charge in [-0.1, -0.05) is 18.7 Å². The normalized spacial score (nSPS) is 11.8. The summed E-state index contributed by atoms with van der Waals surface area (Å²) in [6.07, 6.45) is -1.05. The van der Waals surface area contributed by atoms with Crippen molar-refractivity contribution in [3.8, 4) is 11.5 Å². The fraction of sp³-hybridized carbons (Fsp3) is 0.238. The molecule has 0 saturated carbocycles. The van der Waals surface area contributed by atoms with Crippen LogP contribution in [0.3, 0.4) is 0 Å². The van der Waals surface area contributed by atoms with Gasteiger partial charge in [0.15, 0.2) is 11.5 Å². The van der Waals surface area contributed by atoms with E-state index in [0.29, 0.717) is 31.9 Å². The van der Waals surface area contributed by atoms with E-state index in [1.807, 2.05) is 0 Å². The average Bonchev–Trinajstić information content (AvgIpc) is 2.75. The molecule has 0 atom stereocenters. The highest BCUT2D eigenvalue weighted by atomic mass is 79.9. The van der Waals surface area contributed by atoms with Gasteiger partial charge in [-0.3, -0.25) is 9.10 Å². The SMILES string of the molecule is C=CCOc1c(Br)cc(/C=N\NC(=O)CN(c2cccc(C(F)(F)F)c2)S(C)(=O)=O)cc1OC. The minimum absolute atomic E-state index is 0.251. The van der Waals surface area contributed by atoms with Crippen molar-refractivity contribution in [1.29, 1.82) is 0 Å². The molecule has 1 amide bonds. The Morgan fingerprint density at radius 3 is 2.59 bits per heavy atom. The largest absolute Gasteiger partial charge is 0.493 e. The lowest BCUT2D eigenvalue weighted by molar-refractivity contribution is -0.137. The molecule has 0 aliphatic heterocycles. The summed E-state index contributed by atoms with van der Waals surface area (Å²) in [6.45, 7) is 3.04. The molecule has 0 radical (unpaired) electrons. The number of ether oxygens (including phenoxy) is 2. The minimum atomic E-state index is -4.67. The fourth-order valence-corrected chi connectivity index (χ4v) is 4.10. The molecule has 0 bridgehead atoms. The molecule has 0 heterocycles. The molecule has 0 aliphatic rings. The molecular formula is C21H21BrF3N3O5S. The lowest BCUT2D eigenvalue weighted by Crippen LogP contribution is -2.39. The first-order valence-corrected chi connectivity index (χ1v) is 12.1. The van der Waals surface area contributed by atoms with Crippen LogP contribution in [0.15, 0.2) is 58.6 Å². The van der Waals surface area contributed by atoms with Crippen LogP contribution in [0.4, 0.5) is 18.9 Å². The third-order valence-electron chi connectivity index (χ3n) is 4.15. The van der Waals surface area contributed by atoms with Crippen LogP contribution in [0.2, 0.25) is 0 Å². The van der Waals surface area contributed by atoms with E-state index in [2.05, 4.69) is 33.0 Å². The summed E-state index contributed by atoms with van der Waals surface area (Å²) in [5, 5.41) is 3.78. The minimum Gasteiger partial charge on any atom is -0.493 e. The van der Waals surface area contributed by atoms with Crippen LogP contribution in [-0.4, -0.2) is 47.1 Å². The highest BCUT2D eigenvalue weighted by Gasteiger charge is 2.32. The number of carbonyl (C=O) groups is 1. The molecule has 184 valence electrons. The number of benzene rings is 2. The van der Waals surface area contributed by atoms with E-state index in [9.17, 15) is 26.4 Å². The maximum Gasteiger partial charge on any atom is 0.416 e. The summed E-state index contributed by atoms with van der Waals surface area (Å²) in [5.41, 5.74) is 1.31. The second-order valence-electron chi connectivity index (χ2n) is 6.74. The molecule has 2 rings (SSSR count). The number of nitrogens with zero attached hydrogens (tertiary/aromatic N) is 2. The summed E-state index contributed by atoms with van der Waals surface area (Å²) >= 11 is 3.35. The van der Waals surface area contributed by atoms with Gasteiger partial charge in [0.25, 0.3) is 5.91 Å². The molecule has 13 heteroatoms. The van der Waals surface area contributed by atoms with Crippen LogP contribution in [0, 0.1) is 0 Å². The lowest BCUT2D eigenvalue weighted by atomic mass is 10.2. The van der Waals surface area contributed by atoms with Crippen molar-refractivity contribution in [2.24, 2.45) is 5.10 Å². The number of hydrazone groups is 1. The summed E-state index contributed by atoms with van der Waals surface area (Å²) < 4.78 is 75.1. The Balaban J connectivity index is 2.17. The monoisotopic (exact) mass is 563 g/mol. The molecule has 2 aromatic rings. The van der Waals surface area contributed by atoms with Crippen molar-refractivity contribution in [1.82, 2.24) is 5.43 Å². The summed E-state index contributed by atoms with van der Waals surface area (Å²) in [5.74, 6) is -0.0404. The summed E-state index contributed by atoms with van der Waals surface area (Å²) in [7, 11) is -2.63. The number of methoxy groups -OCH3 is 1. The zero-order chi connectivity index (χ0) is 25.5. The van der Waals surface area contributed by atoms with Gasteiger partial charge in [-0.05, 0) is 51.8 Å². The summed E-state index contributed by atoms with van der Waals surface area (Å²) in [4.78, 5) is 12.3. The molecule has 0 aliphatic carbocycles. The molecule has 1 N–H and O–H groups in total. The Morgan fingerprint density at radius 2 is 2.00 bits per heavy atom.